The molecule has 0 spiro atoms. The SMILES string of the molecule is CCC(O)CC1CC(NC2CCCCC2)CN(C)C1. The predicted molar refractivity (Wildman–Crippen MR) is 80.3 cm³/mol. The number of nitrogens with zero attached hydrogens (tertiary/aromatic N) is 1. The highest BCUT2D eigenvalue weighted by molar-refractivity contribution is 4.86. The van der Waals surface area contributed by atoms with E-state index in [0.29, 0.717) is 12.0 Å². The van der Waals surface area contributed by atoms with Gasteiger partial charge in [-0.3, -0.25) is 0 Å². The summed E-state index contributed by atoms with van der Waals surface area (Å²) in [5.74, 6) is 0.662. The Morgan fingerprint density at radius 3 is 2.58 bits per heavy atom. The summed E-state index contributed by atoms with van der Waals surface area (Å²) in [4.78, 5) is 2.44. The fraction of sp³-hybridized carbons (Fsp3) is 1.00. The lowest BCUT2D eigenvalue weighted by molar-refractivity contribution is 0.0907. The van der Waals surface area contributed by atoms with E-state index in [2.05, 4.69) is 24.2 Å². The lowest BCUT2D eigenvalue weighted by Gasteiger charge is -2.39. The van der Waals surface area contributed by atoms with Crippen LogP contribution in [0.5, 0.6) is 0 Å². The van der Waals surface area contributed by atoms with Crippen LogP contribution in [0, 0.1) is 5.92 Å². The zero-order valence-corrected chi connectivity index (χ0v) is 12.8. The molecule has 19 heavy (non-hydrogen) atoms. The third-order valence-electron chi connectivity index (χ3n) is 4.87. The van der Waals surface area contributed by atoms with Crippen LogP contribution in [0.25, 0.3) is 0 Å². The van der Waals surface area contributed by atoms with Crippen LogP contribution in [0.15, 0.2) is 0 Å². The van der Waals surface area contributed by atoms with Gasteiger partial charge in [0.05, 0.1) is 6.10 Å². The molecule has 2 aliphatic rings. The van der Waals surface area contributed by atoms with E-state index in [0.717, 1.165) is 25.4 Å². The summed E-state index contributed by atoms with van der Waals surface area (Å²) in [6.45, 7) is 4.41. The first-order chi connectivity index (χ1) is 9.17. The number of rotatable bonds is 5. The standard InChI is InChI=1S/C16H32N2O/c1-3-16(19)10-13-9-15(12-18(2)11-13)17-14-7-5-4-6-8-14/h13-17,19H,3-12H2,1-2H3. The summed E-state index contributed by atoms with van der Waals surface area (Å²) >= 11 is 0. The third-order valence-corrected chi connectivity index (χ3v) is 4.87. The molecule has 1 saturated heterocycles. The van der Waals surface area contributed by atoms with Crippen molar-refractivity contribution in [3.05, 3.63) is 0 Å². The number of aliphatic hydroxyl groups excluding tert-OH is 1. The van der Waals surface area contributed by atoms with E-state index >= 15 is 0 Å². The first-order valence-corrected chi connectivity index (χ1v) is 8.30. The van der Waals surface area contributed by atoms with Crippen molar-refractivity contribution in [1.82, 2.24) is 10.2 Å². The first kappa shape index (κ1) is 15.3. The Morgan fingerprint density at radius 1 is 1.16 bits per heavy atom. The van der Waals surface area contributed by atoms with Gasteiger partial charge < -0.3 is 15.3 Å². The molecule has 1 saturated carbocycles. The van der Waals surface area contributed by atoms with Gasteiger partial charge in [-0.1, -0.05) is 26.2 Å². The van der Waals surface area contributed by atoms with Gasteiger partial charge in [0.25, 0.3) is 0 Å². The van der Waals surface area contributed by atoms with Crippen molar-refractivity contribution in [3.8, 4) is 0 Å². The molecule has 1 aliphatic carbocycles. The summed E-state index contributed by atoms with van der Waals surface area (Å²) in [6, 6.07) is 1.39. The quantitative estimate of drug-likeness (QED) is 0.803. The molecule has 2 fully saturated rings. The van der Waals surface area contributed by atoms with Crippen LogP contribution >= 0.6 is 0 Å². The Labute approximate surface area is 118 Å². The molecule has 3 atom stereocenters. The van der Waals surface area contributed by atoms with E-state index in [9.17, 15) is 5.11 Å². The second-order valence-electron chi connectivity index (χ2n) is 6.82. The molecule has 0 amide bonds. The molecule has 0 bridgehead atoms. The van der Waals surface area contributed by atoms with E-state index < -0.39 is 0 Å². The second kappa shape index (κ2) is 7.61. The molecule has 0 aromatic rings. The topological polar surface area (TPSA) is 35.5 Å². The predicted octanol–water partition coefficient (Wildman–Crippen LogP) is 2.39. The van der Waals surface area contributed by atoms with Crippen molar-refractivity contribution < 1.29 is 5.11 Å². The molecule has 1 aliphatic heterocycles. The average molecular weight is 268 g/mol. The van der Waals surface area contributed by atoms with Gasteiger partial charge in [0, 0.05) is 25.2 Å². The van der Waals surface area contributed by atoms with Crippen molar-refractivity contribution in [2.75, 3.05) is 20.1 Å². The summed E-state index contributed by atoms with van der Waals surface area (Å²) in [7, 11) is 2.22. The minimum Gasteiger partial charge on any atom is -0.393 e. The highest BCUT2D eigenvalue weighted by Gasteiger charge is 2.28. The molecule has 0 radical (unpaired) electrons. The van der Waals surface area contributed by atoms with Crippen molar-refractivity contribution in [1.29, 1.82) is 0 Å². The Kier molecular flexibility index (Phi) is 6.11. The number of hydrogen-bond acceptors (Lipinski definition) is 3. The number of hydrogen-bond donors (Lipinski definition) is 2. The van der Waals surface area contributed by atoms with Gasteiger partial charge in [0.1, 0.15) is 0 Å². The number of likely N-dealkylation sites (N-methyl/N-ethyl adjacent to an activating group) is 1. The molecule has 0 aromatic carbocycles. The van der Waals surface area contributed by atoms with Gasteiger partial charge in [-0.2, -0.15) is 0 Å². The van der Waals surface area contributed by atoms with E-state index in [-0.39, 0.29) is 6.10 Å². The minimum absolute atomic E-state index is 0.105. The van der Waals surface area contributed by atoms with E-state index in [4.69, 9.17) is 0 Å². The Hall–Kier alpha value is -0.120. The highest BCUT2D eigenvalue weighted by Crippen LogP contribution is 2.24. The van der Waals surface area contributed by atoms with Gasteiger partial charge >= 0.3 is 0 Å². The fourth-order valence-corrected chi connectivity index (χ4v) is 3.89. The van der Waals surface area contributed by atoms with Gasteiger partial charge in [-0.05, 0) is 45.1 Å². The minimum atomic E-state index is -0.105. The molecule has 112 valence electrons. The van der Waals surface area contributed by atoms with Crippen LogP contribution in [0.2, 0.25) is 0 Å². The number of nitrogens with one attached hydrogen (secondary N) is 1. The maximum Gasteiger partial charge on any atom is 0.0540 e. The van der Waals surface area contributed by atoms with E-state index in [1.807, 2.05) is 0 Å². The molecule has 1 heterocycles. The molecular weight excluding hydrogens is 236 g/mol. The summed E-state index contributed by atoms with van der Waals surface area (Å²) < 4.78 is 0. The van der Waals surface area contributed by atoms with Crippen molar-refractivity contribution in [2.45, 2.75) is 76.5 Å². The van der Waals surface area contributed by atoms with Crippen LogP contribution in [0.4, 0.5) is 0 Å². The fourth-order valence-electron chi connectivity index (χ4n) is 3.89. The molecule has 3 nitrogen and oxygen atoms in total. The first-order valence-electron chi connectivity index (χ1n) is 8.30. The van der Waals surface area contributed by atoms with Crippen LogP contribution < -0.4 is 5.32 Å². The van der Waals surface area contributed by atoms with Crippen molar-refractivity contribution in [3.63, 3.8) is 0 Å². The summed E-state index contributed by atoms with van der Waals surface area (Å²) in [5, 5.41) is 13.8. The summed E-state index contributed by atoms with van der Waals surface area (Å²) in [6.07, 6.45) is 9.96. The summed E-state index contributed by atoms with van der Waals surface area (Å²) in [5.41, 5.74) is 0. The molecule has 2 N–H and O–H groups in total. The van der Waals surface area contributed by atoms with Crippen LogP contribution in [0.1, 0.15) is 58.3 Å². The zero-order valence-electron chi connectivity index (χ0n) is 12.8. The Bertz CT molecular complexity index is 253. The number of likely N-dealkylation sites (tertiary alicyclic amines) is 1. The average Bonchev–Trinajstić information content (AvgIpc) is 2.39. The van der Waals surface area contributed by atoms with Gasteiger partial charge in [-0.15, -0.1) is 0 Å². The lowest BCUT2D eigenvalue weighted by Crippen LogP contribution is -2.51. The molecule has 0 aromatic heterocycles. The highest BCUT2D eigenvalue weighted by atomic mass is 16.3. The maximum atomic E-state index is 9.87. The van der Waals surface area contributed by atoms with Gasteiger partial charge in [-0.25, -0.2) is 0 Å². The van der Waals surface area contributed by atoms with Crippen molar-refractivity contribution >= 4 is 0 Å². The second-order valence-corrected chi connectivity index (χ2v) is 6.82. The largest absolute Gasteiger partial charge is 0.393 e. The van der Waals surface area contributed by atoms with Crippen LogP contribution in [-0.2, 0) is 0 Å². The van der Waals surface area contributed by atoms with Crippen molar-refractivity contribution in [2.24, 2.45) is 5.92 Å². The lowest BCUT2D eigenvalue weighted by atomic mass is 9.87. The normalized spacial score (nSPS) is 32.4. The number of aliphatic hydroxyl groups is 1. The maximum absolute atomic E-state index is 9.87. The third kappa shape index (κ3) is 5.05. The molecular formula is C16H32N2O. The Balaban J connectivity index is 1.79. The number of piperidine rings is 1. The van der Waals surface area contributed by atoms with Crippen LogP contribution in [0.3, 0.4) is 0 Å². The molecule has 2 rings (SSSR count). The van der Waals surface area contributed by atoms with Crippen LogP contribution in [-0.4, -0.2) is 48.3 Å². The molecule has 3 unspecified atom stereocenters. The zero-order chi connectivity index (χ0) is 13.7. The van der Waals surface area contributed by atoms with E-state index in [1.165, 1.54) is 45.1 Å². The van der Waals surface area contributed by atoms with Gasteiger partial charge in [0.2, 0.25) is 0 Å². The van der Waals surface area contributed by atoms with Gasteiger partial charge in [0.15, 0.2) is 0 Å². The monoisotopic (exact) mass is 268 g/mol. The molecule has 3 heteroatoms. The Morgan fingerprint density at radius 2 is 1.89 bits per heavy atom. The van der Waals surface area contributed by atoms with E-state index in [1.54, 1.807) is 0 Å². The smallest absolute Gasteiger partial charge is 0.0540 e.